The molecule has 0 saturated carbocycles. The van der Waals surface area contributed by atoms with Crippen molar-refractivity contribution in [1.29, 1.82) is 0 Å². The summed E-state index contributed by atoms with van der Waals surface area (Å²) in [6.45, 7) is 4.18. The van der Waals surface area contributed by atoms with E-state index in [2.05, 4.69) is 27.0 Å². The molecule has 4 aromatic carbocycles. The fraction of sp³-hybridized carbons (Fsp3) is 0.0323. The highest BCUT2D eigenvalue weighted by molar-refractivity contribution is 5.69. The normalized spacial score (nSPS) is 10.8. The fourth-order valence-electron chi connectivity index (χ4n) is 3.92. The highest BCUT2D eigenvalue weighted by Crippen LogP contribution is 2.33. The number of hydrogen-bond acceptors (Lipinski definition) is 7. The van der Waals surface area contributed by atoms with E-state index >= 15 is 0 Å². The Labute approximate surface area is 219 Å². The van der Waals surface area contributed by atoms with Gasteiger partial charge in [-0.2, -0.15) is 0 Å². The Morgan fingerprint density at radius 3 is 1.53 bits per heavy atom. The predicted molar refractivity (Wildman–Crippen MR) is 145 cm³/mol. The van der Waals surface area contributed by atoms with Crippen LogP contribution in [0.3, 0.4) is 0 Å². The smallest absolute Gasteiger partial charge is 0.248 e. The summed E-state index contributed by atoms with van der Waals surface area (Å²) < 4.78 is 18.2. The van der Waals surface area contributed by atoms with Crippen LogP contribution in [0, 0.1) is 0 Å². The van der Waals surface area contributed by atoms with Crippen LogP contribution >= 0.6 is 0 Å². The lowest BCUT2D eigenvalue weighted by atomic mass is 10.1. The fourth-order valence-corrected chi connectivity index (χ4v) is 3.92. The molecule has 0 radical (unpaired) electrons. The highest BCUT2D eigenvalue weighted by Gasteiger charge is 2.17. The average molecular weight is 499 g/mol. The molecule has 0 aliphatic carbocycles. The van der Waals surface area contributed by atoms with Crippen LogP contribution in [0.25, 0.3) is 51.9 Å². The van der Waals surface area contributed by atoms with Gasteiger partial charge in [-0.1, -0.05) is 73.3 Å². The Kier molecular flexibility index (Phi) is 6.30. The molecule has 0 amide bonds. The Morgan fingerprint density at radius 1 is 0.579 bits per heavy atom. The Morgan fingerprint density at radius 2 is 1.05 bits per heavy atom. The molecule has 6 aromatic rings. The molecule has 0 N–H and O–H groups in total. The number of nitrogens with zero attached hydrogens (tertiary/aromatic N) is 4. The summed E-state index contributed by atoms with van der Waals surface area (Å²) in [5.74, 6) is 2.17. The van der Waals surface area contributed by atoms with Crippen molar-refractivity contribution in [2.24, 2.45) is 0 Å². The lowest BCUT2D eigenvalue weighted by molar-refractivity contribution is 0.306. The first kappa shape index (κ1) is 23.1. The van der Waals surface area contributed by atoms with Gasteiger partial charge in [0.25, 0.3) is 0 Å². The van der Waals surface area contributed by atoms with Crippen LogP contribution in [0.15, 0.2) is 119 Å². The van der Waals surface area contributed by atoms with E-state index in [9.17, 15) is 0 Å². The van der Waals surface area contributed by atoms with Crippen molar-refractivity contribution in [3.05, 3.63) is 121 Å². The molecule has 2 heterocycles. The van der Waals surface area contributed by atoms with Gasteiger partial charge >= 0.3 is 0 Å². The lowest BCUT2D eigenvalue weighted by Gasteiger charge is -2.09. The molecule has 7 nitrogen and oxygen atoms in total. The predicted octanol–water partition coefficient (Wildman–Crippen LogP) is 7.34. The first-order valence-corrected chi connectivity index (χ1v) is 12.0. The molecule has 0 aliphatic rings. The maximum Gasteiger partial charge on any atom is 0.248 e. The van der Waals surface area contributed by atoms with Crippen LogP contribution in [-0.4, -0.2) is 20.4 Å². The van der Waals surface area contributed by atoms with E-state index in [1.54, 1.807) is 0 Å². The Balaban J connectivity index is 1.35. The number of benzene rings is 4. The summed E-state index contributed by atoms with van der Waals surface area (Å²) in [7, 11) is 0. The minimum absolute atomic E-state index is 0.355. The standard InChI is InChI=1S/C31H22N4O3/c1-2-21-13-15-22(16-14-21)20-36-27-18-25(30-34-32-28(37-30)23-9-5-3-6-10-23)17-26(19-27)31-35-33-29(38-31)24-11-7-4-8-12-24/h2-19H,1,20H2. The number of hydrogen-bond donors (Lipinski definition) is 0. The Hall–Kier alpha value is -5.30. The SMILES string of the molecule is C=Cc1ccc(COc2cc(-c3nnc(-c4ccccc4)o3)cc(-c3nnc(-c4ccccc4)o3)c2)cc1. The summed E-state index contributed by atoms with van der Waals surface area (Å²) in [4.78, 5) is 0. The number of ether oxygens (including phenoxy) is 1. The van der Waals surface area contributed by atoms with E-state index < -0.39 is 0 Å². The topological polar surface area (TPSA) is 87.1 Å². The zero-order valence-electron chi connectivity index (χ0n) is 20.3. The van der Waals surface area contributed by atoms with Crippen molar-refractivity contribution >= 4 is 6.08 Å². The molecule has 2 aromatic heterocycles. The third-order valence-electron chi connectivity index (χ3n) is 5.91. The maximum absolute atomic E-state index is 6.17. The van der Waals surface area contributed by atoms with Gasteiger partial charge in [0.2, 0.25) is 23.6 Å². The molecule has 0 spiro atoms. The van der Waals surface area contributed by atoms with Gasteiger partial charge in [-0.25, -0.2) is 0 Å². The molecule has 7 heteroatoms. The van der Waals surface area contributed by atoms with Crippen molar-refractivity contribution in [2.45, 2.75) is 6.61 Å². The molecule has 0 fully saturated rings. The molecular weight excluding hydrogens is 476 g/mol. The minimum Gasteiger partial charge on any atom is -0.489 e. The summed E-state index contributed by atoms with van der Waals surface area (Å²) in [5.41, 5.74) is 5.10. The van der Waals surface area contributed by atoms with Crippen LogP contribution in [0.1, 0.15) is 11.1 Å². The van der Waals surface area contributed by atoms with Crippen LogP contribution in [0.5, 0.6) is 5.75 Å². The third-order valence-corrected chi connectivity index (χ3v) is 5.91. The van der Waals surface area contributed by atoms with Crippen LogP contribution in [-0.2, 0) is 6.61 Å². The van der Waals surface area contributed by atoms with Gasteiger partial charge in [0.05, 0.1) is 0 Å². The van der Waals surface area contributed by atoms with Crippen LogP contribution in [0.4, 0.5) is 0 Å². The van der Waals surface area contributed by atoms with Crippen molar-refractivity contribution in [1.82, 2.24) is 20.4 Å². The molecule has 184 valence electrons. The van der Waals surface area contributed by atoms with E-state index in [1.807, 2.05) is 109 Å². The summed E-state index contributed by atoms with van der Waals surface area (Å²) in [6, 6.07) is 32.9. The second-order valence-corrected chi connectivity index (χ2v) is 8.54. The third kappa shape index (κ3) is 4.99. The van der Waals surface area contributed by atoms with Gasteiger partial charge < -0.3 is 13.6 Å². The van der Waals surface area contributed by atoms with Crippen LogP contribution in [0.2, 0.25) is 0 Å². The van der Waals surface area contributed by atoms with E-state index in [-0.39, 0.29) is 0 Å². The molecule has 0 atom stereocenters. The molecule has 0 unspecified atom stereocenters. The van der Waals surface area contributed by atoms with Gasteiger partial charge in [0, 0.05) is 22.3 Å². The van der Waals surface area contributed by atoms with Gasteiger partial charge in [0.15, 0.2) is 0 Å². The van der Waals surface area contributed by atoms with Crippen molar-refractivity contribution in [3.63, 3.8) is 0 Å². The largest absolute Gasteiger partial charge is 0.489 e. The van der Waals surface area contributed by atoms with Crippen molar-refractivity contribution in [2.75, 3.05) is 0 Å². The second kappa shape index (κ2) is 10.4. The van der Waals surface area contributed by atoms with Crippen molar-refractivity contribution in [3.8, 4) is 51.6 Å². The van der Waals surface area contributed by atoms with E-state index in [0.717, 1.165) is 22.3 Å². The summed E-state index contributed by atoms with van der Waals surface area (Å²) >= 11 is 0. The number of rotatable bonds is 8. The van der Waals surface area contributed by atoms with E-state index in [1.165, 1.54) is 0 Å². The molecule has 6 rings (SSSR count). The quantitative estimate of drug-likeness (QED) is 0.217. The molecular formula is C31H22N4O3. The summed E-state index contributed by atoms with van der Waals surface area (Å²) in [5, 5.41) is 17.0. The van der Waals surface area contributed by atoms with Crippen molar-refractivity contribution < 1.29 is 13.6 Å². The second-order valence-electron chi connectivity index (χ2n) is 8.54. The maximum atomic E-state index is 6.17. The first-order valence-electron chi connectivity index (χ1n) is 12.0. The van der Waals surface area contributed by atoms with Gasteiger partial charge in [0.1, 0.15) is 12.4 Å². The van der Waals surface area contributed by atoms with E-state index in [0.29, 0.717) is 47.0 Å². The zero-order valence-corrected chi connectivity index (χ0v) is 20.3. The average Bonchev–Trinajstić information content (AvgIpc) is 3.68. The first-order chi connectivity index (χ1) is 18.7. The highest BCUT2D eigenvalue weighted by atomic mass is 16.5. The lowest BCUT2D eigenvalue weighted by Crippen LogP contribution is -1.96. The molecule has 0 saturated heterocycles. The summed E-state index contributed by atoms with van der Waals surface area (Å²) in [6.07, 6.45) is 1.81. The monoisotopic (exact) mass is 498 g/mol. The molecule has 0 bridgehead atoms. The zero-order chi connectivity index (χ0) is 25.7. The van der Waals surface area contributed by atoms with Crippen LogP contribution < -0.4 is 4.74 Å². The minimum atomic E-state index is 0.355. The van der Waals surface area contributed by atoms with Gasteiger partial charge in [-0.05, 0) is 53.6 Å². The van der Waals surface area contributed by atoms with E-state index in [4.69, 9.17) is 13.6 Å². The molecule has 0 aliphatic heterocycles. The van der Waals surface area contributed by atoms with Gasteiger partial charge in [-0.3, -0.25) is 0 Å². The number of aromatic nitrogens is 4. The van der Waals surface area contributed by atoms with Gasteiger partial charge in [-0.15, -0.1) is 20.4 Å². The molecule has 38 heavy (non-hydrogen) atoms. The Bertz CT molecular complexity index is 1580.